The van der Waals surface area contributed by atoms with Gasteiger partial charge in [0, 0.05) is 18.1 Å². The van der Waals surface area contributed by atoms with Gasteiger partial charge in [0.15, 0.2) is 5.75 Å². The van der Waals surface area contributed by atoms with E-state index < -0.39 is 0 Å². The average molecular weight is 340 g/mol. The minimum Gasteiger partial charge on any atom is -0.453 e. The molecule has 1 amide bonds. The Hall–Kier alpha value is -2.92. The maximum absolute atomic E-state index is 11.4. The topological polar surface area (TPSA) is 64.1 Å². The van der Waals surface area contributed by atoms with Crippen molar-refractivity contribution in [2.24, 2.45) is 0 Å². The molecule has 0 atom stereocenters. The van der Waals surface area contributed by atoms with E-state index in [-0.39, 0.29) is 5.91 Å². The Morgan fingerprint density at radius 1 is 1.25 bits per heavy atom. The number of rotatable bonds is 5. The van der Waals surface area contributed by atoms with Crippen LogP contribution in [0.4, 0.5) is 0 Å². The molecular weight excluding hydrogens is 326 g/mol. The van der Waals surface area contributed by atoms with E-state index in [9.17, 15) is 4.79 Å². The van der Waals surface area contributed by atoms with Gasteiger partial charge < -0.3 is 10.1 Å². The van der Waals surface area contributed by atoms with Crippen LogP contribution in [0.25, 0.3) is 10.9 Å². The van der Waals surface area contributed by atoms with Crippen molar-refractivity contribution in [2.75, 3.05) is 0 Å². The highest BCUT2D eigenvalue weighted by Crippen LogP contribution is 2.30. The van der Waals surface area contributed by atoms with Gasteiger partial charge in [-0.2, -0.15) is 0 Å². The summed E-state index contributed by atoms with van der Waals surface area (Å²) in [7, 11) is 0. The summed E-state index contributed by atoms with van der Waals surface area (Å²) in [6.45, 7) is 3.83. The van der Waals surface area contributed by atoms with E-state index in [1.807, 2.05) is 24.3 Å². The second kappa shape index (κ2) is 7.10. The zero-order valence-electron chi connectivity index (χ0n) is 12.7. The number of halogens is 1. The van der Waals surface area contributed by atoms with Gasteiger partial charge >= 0.3 is 0 Å². The Morgan fingerprint density at radius 3 is 2.88 bits per heavy atom. The quantitative estimate of drug-likeness (QED) is 0.566. The number of ether oxygens (including phenoxy) is 1. The zero-order valence-corrected chi connectivity index (χ0v) is 13.5. The summed E-state index contributed by atoms with van der Waals surface area (Å²) >= 11 is 5.78. The van der Waals surface area contributed by atoms with Crippen LogP contribution in [0.2, 0.25) is 5.15 Å². The minimum atomic E-state index is -0.223. The number of hydrogen-bond donors (Lipinski definition) is 1. The lowest BCUT2D eigenvalue weighted by atomic mass is 10.1. The van der Waals surface area contributed by atoms with Gasteiger partial charge in [-0.3, -0.25) is 9.78 Å². The molecule has 120 valence electrons. The molecule has 2 heterocycles. The maximum atomic E-state index is 11.4. The van der Waals surface area contributed by atoms with E-state index >= 15 is 0 Å². The van der Waals surface area contributed by atoms with Gasteiger partial charge in [-0.15, -0.1) is 0 Å². The first-order valence-corrected chi connectivity index (χ1v) is 7.61. The predicted octanol–water partition coefficient (Wildman–Crippen LogP) is 3.88. The molecule has 1 aromatic carbocycles. The number of hydrogen-bond acceptors (Lipinski definition) is 4. The summed E-state index contributed by atoms with van der Waals surface area (Å²) in [5.74, 6) is 0.951. The number of pyridine rings is 2. The highest BCUT2D eigenvalue weighted by molar-refractivity contribution is 6.29. The number of amides is 1. The molecule has 0 aliphatic heterocycles. The zero-order chi connectivity index (χ0) is 16.9. The maximum Gasteiger partial charge on any atom is 0.243 e. The summed E-state index contributed by atoms with van der Waals surface area (Å²) in [6.07, 6.45) is 4.49. The molecule has 0 saturated heterocycles. The molecule has 24 heavy (non-hydrogen) atoms. The van der Waals surface area contributed by atoms with Gasteiger partial charge in [0.1, 0.15) is 16.4 Å². The number of nitrogens with zero attached hydrogens (tertiary/aromatic N) is 2. The second-order valence-corrected chi connectivity index (χ2v) is 5.35. The molecule has 0 bridgehead atoms. The van der Waals surface area contributed by atoms with E-state index in [1.54, 1.807) is 24.5 Å². The van der Waals surface area contributed by atoms with Crippen molar-refractivity contribution in [1.82, 2.24) is 15.3 Å². The Balaban J connectivity index is 1.94. The highest BCUT2D eigenvalue weighted by atomic mass is 35.5. The van der Waals surface area contributed by atoms with Crippen molar-refractivity contribution < 1.29 is 9.53 Å². The molecule has 5 nitrogen and oxygen atoms in total. The van der Waals surface area contributed by atoms with Crippen molar-refractivity contribution >= 4 is 28.4 Å². The molecule has 0 aliphatic rings. The fourth-order valence-corrected chi connectivity index (χ4v) is 2.36. The van der Waals surface area contributed by atoms with Crippen LogP contribution >= 0.6 is 11.6 Å². The molecule has 2 aromatic heterocycles. The van der Waals surface area contributed by atoms with Crippen molar-refractivity contribution in [3.05, 3.63) is 72.2 Å². The monoisotopic (exact) mass is 339 g/mol. The number of aromatic nitrogens is 2. The Labute approximate surface area is 144 Å². The first-order valence-electron chi connectivity index (χ1n) is 7.23. The number of fused-ring (bicyclic) bond motifs is 1. The summed E-state index contributed by atoms with van der Waals surface area (Å²) in [5, 5.41) is 4.07. The minimum absolute atomic E-state index is 0.223. The van der Waals surface area contributed by atoms with Crippen LogP contribution < -0.4 is 10.1 Å². The molecule has 0 unspecified atom stereocenters. The number of carbonyl (C=O) groups excluding carboxylic acids is 1. The summed E-state index contributed by atoms with van der Waals surface area (Å²) in [4.78, 5) is 19.8. The lowest BCUT2D eigenvalue weighted by Gasteiger charge is -2.11. The van der Waals surface area contributed by atoms with Gasteiger partial charge in [0.25, 0.3) is 0 Å². The smallest absolute Gasteiger partial charge is 0.243 e. The normalized spacial score (nSPS) is 10.4. The predicted molar refractivity (Wildman–Crippen MR) is 93.1 cm³/mol. The standard InChI is InChI=1S/C18H14ClN3O2/c1-2-17(23)22-10-12-5-7-15(18-14(12)4-3-9-20-18)24-13-6-8-16(19)21-11-13/h2-9,11H,1,10H2,(H,22,23). The van der Waals surface area contributed by atoms with Gasteiger partial charge in [-0.05, 0) is 35.9 Å². The summed E-state index contributed by atoms with van der Waals surface area (Å²) in [5.41, 5.74) is 1.65. The lowest BCUT2D eigenvalue weighted by molar-refractivity contribution is -0.116. The molecule has 0 spiro atoms. The molecule has 0 saturated carbocycles. The molecule has 3 rings (SSSR count). The Morgan fingerprint density at radius 2 is 2.12 bits per heavy atom. The number of carbonyl (C=O) groups is 1. The van der Waals surface area contributed by atoms with Gasteiger partial charge in [0.05, 0.1) is 6.20 Å². The third kappa shape index (κ3) is 3.52. The van der Waals surface area contributed by atoms with Crippen molar-refractivity contribution in [2.45, 2.75) is 6.54 Å². The first-order chi connectivity index (χ1) is 11.7. The Kier molecular flexibility index (Phi) is 4.72. The third-order valence-electron chi connectivity index (χ3n) is 3.39. The van der Waals surface area contributed by atoms with E-state index in [1.165, 1.54) is 6.08 Å². The van der Waals surface area contributed by atoms with E-state index in [0.717, 1.165) is 10.9 Å². The van der Waals surface area contributed by atoms with Crippen LogP contribution in [-0.2, 0) is 11.3 Å². The largest absolute Gasteiger partial charge is 0.453 e. The molecule has 0 fully saturated rings. The van der Waals surface area contributed by atoms with Gasteiger partial charge in [-0.1, -0.05) is 30.3 Å². The van der Waals surface area contributed by atoms with Crippen LogP contribution in [-0.4, -0.2) is 15.9 Å². The van der Waals surface area contributed by atoms with Crippen LogP contribution in [0.5, 0.6) is 11.5 Å². The van der Waals surface area contributed by atoms with Crippen molar-refractivity contribution in [3.8, 4) is 11.5 Å². The second-order valence-electron chi connectivity index (χ2n) is 4.96. The highest BCUT2D eigenvalue weighted by Gasteiger charge is 2.10. The van der Waals surface area contributed by atoms with Crippen LogP contribution in [0.1, 0.15) is 5.56 Å². The number of benzene rings is 1. The van der Waals surface area contributed by atoms with Crippen molar-refractivity contribution in [1.29, 1.82) is 0 Å². The molecule has 1 N–H and O–H groups in total. The van der Waals surface area contributed by atoms with E-state index in [4.69, 9.17) is 16.3 Å². The molecule has 0 aliphatic carbocycles. The molecule has 3 aromatic rings. The van der Waals surface area contributed by atoms with Crippen LogP contribution in [0.3, 0.4) is 0 Å². The lowest BCUT2D eigenvalue weighted by Crippen LogP contribution is -2.20. The first kappa shape index (κ1) is 16.0. The SMILES string of the molecule is C=CC(=O)NCc1ccc(Oc2ccc(Cl)nc2)c2ncccc12. The van der Waals surface area contributed by atoms with Gasteiger partial charge in [-0.25, -0.2) is 4.98 Å². The molecule has 0 radical (unpaired) electrons. The summed E-state index contributed by atoms with van der Waals surface area (Å²) in [6, 6.07) is 10.9. The molecule has 6 heteroatoms. The Bertz CT molecular complexity index is 894. The van der Waals surface area contributed by atoms with Crippen molar-refractivity contribution in [3.63, 3.8) is 0 Å². The molecular formula is C18H14ClN3O2. The van der Waals surface area contributed by atoms with Crippen LogP contribution in [0, 0.1) is 0 Å². The van der Waals surface area contributed by atoms with E-state index in [2.05, 4.69) is 21.9 Å². The van der Waals surface area contributed by atoms with E-state index in [0.29, 0.717) is 28.7 Å². The third-order valence-corrected chi connectivity index (χ3v) is 3.61. The van der Waals surface area contributed by atoms with Crippen LogP contribution in [0.15, 0.2) is 61.4 Å². The fourth-order valence-electron chi connectivity index (χ4n) is 2.25. The fraction of sp³-hybridized carbons (Fsp3) is 0.0556. The number of nitrogens with one attached hydrogen (secondary N) is 1. The van der Waals surface area contributed by atoms with Gasteiger partial charge in [0.2, 0.25) is 5.91 Å². The summed E-state index contributed by atoms with van der Waals surface area (Å²) < 4.78 is 5.86. The average Bonchev–Trinajstić information content (AvgIpc) is 2.62.